The zero-order chi connectivity index (χ0) is 17.5. The normalized spacial score (nSPS) is 10.7. The number of thioether (sulfide) groups is 1. The summed E-state index contributed by atoms with van der Waals surface area (Å²) >= 11 is 1.77. The van der Waals surface area contributed by atoms with Crippen LogP contribution in [-0.2, 0) is 12.2 Å². The van der Waals surface area contributed by atoms with Crippen LogP contribution in [0, 0.1) is 0 Å². The van der Waals surface area contributed by atoms with Crippen molar-refractivity contribution in [1.82, 2.24) is 10.2 Å². The highest BCUT2D eigenvalue weighted by Gasteiger charge is 2.10. The second kappa shape index (κ2) is 8.48. The number of carboxylic acid groups (broad SMARTS) is 1. The first-order valence-electron chi connectivity index (χ1n) is 8.00. The predicted molar refractivity (Wildman–Crippen MR) is 97.6 cm³/mol. The number of nitrogens with zero attached hydrogens (tertiary/aromatic N) is 2. The standard InChI is InChI=1S/C19H18N2O3S/c22-19(23)16-10-8-15(9-11-16)18-21-20-17(24-18)13-25-12-4-7-14-5-2-1-3-6-14/h1-3,5-6,8-11H,4,7,12-13H2,(H,22,23). The predicted octanol–water partition coefficient (Wildman–Crippen LogP) is 4.30. The number of carbonyl (C=O) groups is 1. The highest BCUT2D eigenvalue weighted by atomic mass is 32.2. The van der Waals surface area contributed by atoms with Crippen LogP contribution in [0.4, 0.5) is 0 Å². The molecule has 0 unspecified atom stereocenters. The first-order chi connectivity index (χ1) is 12.2. The minimum absolute atomic E-state index is 0.234. The van der Waals surface area contributed by atoms with Gasteiger partial charge in [0, 0.05) is 5.56 Å². The molecule has 3 rings (SSSR count). The lowest BCUT2D eigenvalue weighted by molar-refractivity contribution is 0.0697. The van der Waals surface area contributed by atoms with Crippen LogP contribution in [0.2, 0.25) is 0 Å². The molecule has 1 aromatic heterocycles. The fraction of sp³-hybridized carbons (Fsp3) is 0.211. The Bertz CT molecular complexity index is 816. The number of aryl methyl sites for hydroxylation is 1. The zero-order valence-electron chi connectivity index (χ0n) is 13.6. The number of aromatic nitrogens is 2. The van der Waals surface area contributed by atoms with Crippen molar-refractivity contribution in [3.05, 3.63) is 71.6 Å². The lowest BCUT2D eigenvalue weighted by Gasteiger charge is -2.00. The summed E-state index contributed by atoms with van der Waals surface area (Å²) in [5.41, 5.74) is 2.31. The van der Waals surface area contributed by atoms with Gasteiger partial charge < -0.3 is 9.52 Å². The molecule has 0 amide bonds. The summed E-state index contributed by atoms with van der Waals surface area (Å²) in [6.07, 6.45) is 2.17. The minimum atomic E-state index is -0.954. The second-order valence-electron chi connectivity index (χ2n) is 5.53. The molecule has 3 aromatic rings. The Balaban J connectivity index is 1.46. The molecule has 0 fully saturated rings. The molecule has 0 atom stereocenters. The number of rotatable bonds is 8. The Hall–Kier alpha value is -2.60. The molecule has 0 aliphatic heterocycles. The molecule has 0 saturated heterocycles. The average molecular weight is 354 g/mol. The molecule has 128 valence electrons. The SMILES string of the molecule is O=C(O)c1ccc(-c2nnc(CSCCCc3ccccc3)o2)cc1. The van der Waals surface area contributed by atoms with E-state index in [4.69, 9.17) is 9.52 Å². The van der Waals surface area contributed by atoms with Crippen LogP contribution < -0.4 is 0 Å². The molecule has 25 heavy (non-hydrogen) atoms. The largest absolute Gasteiger partial charge is 0.478 e. The molecule has 5 nitrogen and oxygen atoms in total. The Labute approximate surface area is 150 Å². The van der Waals surface area contributed by atoms with Gasteiger partial charge in [0.25, 0.3) is 0 Å². The van der Waals surface area contributed by atoms with Crippen molar-refractivity contribution in [2.75, 3.05) is 5.75 Å². The molecule has 6 heteroatoms. The molecular weight excluding hydrogens is 336 g/mol. The highest BCUT2D eigenvalue weighted by molar-refractivity contribution is 7.98. The van der Waals surface area contributed by atoms with E-state index in [1.54, 1.807) is 23.9 Å². The van der Waals surface area contributed by atoms with E-state index in [1.165, 1.54) is 17.7 Å². The molecule has 0 saturated carbocycles. The van der Waals surface area contributed by atoms with E-state index in [-0.39, 0.29) is 5.56 Å². The van der Waals surface area contributed by atoms with Gasteiger partial charge in [0.15, 0.2) is 0 Å². The van der Waals surface area contributed by atoms with E-state index in [1.807, 2.05) is 6.07 Å². The average Bonchev–Trinajstić information content (AvgIpc) is 3.11. The van der Waals surface area contributed by atoms with Gasteiger partial charge in [-0.05, 0) is 48.4 Å². The van der Waals surface area contributed by atoms with Crippen LogP contribution in [0.1, 0.15) is 28.2 Å². The Morgan fingerprint density at radius 3 is 2.52 bits per heavy atom. The van der Waals surface area contributed by atoms with Crippen molar-refractivity contribution >= 4 is 17.7 Å². The van der Waals surface area contributed by atoms with E-state index in [0.29, 0.717) is 17.5 Å². The van der Waals surface area contributed by atoms with Gasteiger partial charge >= 0.3 is 5.97 Å². The monoisotopic (exact) mass is 354 g/mol. The first-order valence-corrected chi connectivity index (χ1v) is 9.15. The molecule has 0 aliphatic carbocycles. The van der Waals surface area contributed by atoms with Crippen LogP contribution in [0.3, 0.4) is 0 Å². The second-order valence-corrected chi connectivity index (χ2v) is 6.63. The van der Waals surface area contributed by atoms with Crippen molar-refractivity contribution in [2.24, 2.45) is 0 Å². The summed E-state index contributed by atoms with van der Waals surface area (Å²) in [7, 11) is 0. The van der Waals surface area contributed by atoms with Gasteiger partial charge in [-0.1, -0.05) is 30.3 Å². The summed E-state index contributed by atoms with van der Waals surface area (Å²) in [5.74, 6) is 1.75. The molecule has 0 spiro atoms. The molecule has 1 heterocycles. The van der Waals surface area contributed by atoms with Gasteiger partial charge in [-0.25, -0.2) is 4.79 Å². The number of carboxylic acids is 1. The fourth-order valence-electron chi connectivity index (χ4n) is 2.37. The Kier molecular flexibility index (Phi) is 5.85. The number of aromatic carboxylic acids is 1. The minimum Gasteiger partial charge on any atom is -0.478 e. The molecular formula is C19H18N2O3S. The maximum atomic E-state index is 10.9. The summed E-state index contributed by atoms with van der Waals surface area (Å²) in [6, 6.07) is 16.8. The van der Waals surface area contributed by atoms with Crippen LogP contribution in [-0.4, -0.2) is 27.0 Å². The number of hydrogen-bond donors (Lipinski definition) is 1. The Morgan fingerprint density at radius 2 is 1.80 bits per heavy atom. The number of hydrogen-bond acceptors (Lipinski definition) is 5. The van der Waals surface area contributed by atoms with Crippen LogP contribution in [0.25, 0.3) is 11.5 Å². The van der Waals surface area contributed by atoms with Gasteiger partial charge in [-0.2, -0.15) is 11.8 Å². The highest BCUT2D eigenvalue weighted by Crippen LogP contribution is 2.21. The topological polar surface area (TPSA) is 76.2 Å². The van der Waals surface area contributed by atoms with Crippen molar-refractivity contribution in [2.45, 2.75) is 18.6 Å². The van der Waals surface area contributed by atoms with Crippen LogP contribution >= 0.6 is 11.8 Å². The van der Waals surface area contributed by atoms with Crippen LogP contribution in [0.5, 0.6) is 0 Å². The van der Waals surface area contributed by atoms with Gasteiger partial charge in [0.1, 0.15) is 0 Å². The van der Waals surface area contributed by atoms with Gasteiger partial charge in [0.2, 0.25) is 11.8 Å². The molecule has 2 aromatic carbocycles. The maximum Gasteiger partial charge on any atom is 0.335 e. The summed E-state index contributed by atoms with van der Waals surface area (Å²) in [4.78, 5) is 10.9. The van der Waals surface area contributed by atoms with Crippen molar-refractivity contribution < 1.29 is 14.3 Å². The van der Waals surface area contributed by atoms with E-state index >= 15 is 0 Å². The Morgan fingerprint density at radius 1 is 1.04 bits per heavy atom. The van der Waals surface area contributed by atoms with E-state index in [0.717, 1.165) is 24.2 Å². The first kappa shape index (κ1) is 17.2. The van der Waals surface area contributed by atoms with E-state index in [9.17, 15) is 4.79 Å². The maximum absolute atomic E-state index is 10.9. The van der Waals surface area contributed by atoms with Gasteiger partial charge in [0.05, 0.1) is 11.3 Å². The third-order valence-corrected chi connectivity index (χ3v) is 4.70. The smallest absolute Gasteiger partial charge is 0.335 e. The van der Waals surface area contributed by atoms with Crippen molar-refractivity contribution in [3.8, 4) is 11.5 Å². The third kappa shape index (κ3) is 4.93. The summed E-state index contributed by atoms with van der Waals surface area (Å²) in [5, 5.41) is 17.0. The molecule has 0 bridgehead atoms. The van der Waals surface area contributed by atoms with Crippen LogP contribution in [0.15, 0.2) is 59.0 Å². The third-order valence-electron chi connectivity index (χ3n) is 3.67. The van der Waals surface area contributed by atoms with Gasteiger partial charge in [-0.3, -0.25) is 0 Å². The summed E-state index contributed by atoms with van der Waals surface area (Å²) in [6.45, 7) is 0. The quantitative estimate of drug-likeness (QED) is 0.608. The van der Waals surface area contributed by atoms with E-state index in [2.05, 4.69) is 34.5 Å². The molecule has 0 radical (unpaired) electrons. The van der Waals surface area contributed by atoms with Gasteiger partial charge in [-0.15, -0.1) is 10.2 Å². The number of benzene rings is 2. The summed E-state index contributed by atoms with van der Waals surface area (Å²) < 4.78 is 5.64. The zero-order valence-corrected chi connectivity index (χ0v) is 14.4. The lowest BCUT2D eigenvalue weighted by Crippen LogP contribution is -1.94. The van der Waals surface area contributed by atoms with Crippen molar-refractivity contribution in [3.63, 3.8) is 0 Å². The molecule has 1 N–H and O–H groups in total. The molecule has 0 aliphatic rings. The fourth-order valence-corrected chi connectivity index (χ4v) is 3.15. The van der Waals surface area contributed by atoms with Crippen molar-refractivity contribution in [1.29, 1.82) is 0 Å². The van der Waals surface area contributed by atoms with E-state index < -0.39 is 5.97 Å². The lowest BCUT2D eigenvalue weighted by atomic mass is 10.1.